The highest BCUT2D eigenvalue weighted by molar-refractivity contribution is 7.92. The van der Waals surface area contributed by atoms with Gasteiger partial charge >= 0.3 is 0 Å². The Labute approximate surface area is 182 Å². The van der Waals surface area contributed by atoms with Crippen LogP contribution in [0, 0.1) is 0 Å². The number of sulfonamides is 1. The number of hydrogen-bond donors (Lipinski definition) is 0. The summed E-state index contributed by atoms with van der Waals surface area (Å²) in [7, 11) is -3.62. The predicted octanol–water partition coefficient (Wildman–Crippen LogP) is 2.33. The summed E-state index contributed by atoms with van der Waals surface area (Å²) in [4.78, 5) is 16.7. The van der Waals surface area contributed by atoms with Crippen molar-refractivity contribution in [2.45, 2.75) is 0 Å². The van der Waals surface area contributed by atoms with E-state index >= 15 is 0 Å². The van der Waals surface area contributed by atoms with Crippen molar-refractivity contribution >= 4 is 33.2 Å². The maximum absolute atomic E-state index is 12.8. The zero-order valence-electron chi connectivity index (χ0n) is 16.9. The fraction of sp³-hybridized carbons (Fsp3) is 0.381. The second-order valence-electron chi connectivity index (χ2n) is 7.13. The molecular weight excluding hydrogens is 426 g/mol. The largest absolute Gasteiger partial charge is 0.492 e. The molecule has 2 aromatic rings. The molecular formula is C21H26ClN3O4S. The zero-order chi connectivity index (χ0) is 21.6. The van der Waals surface area contributed by atoms with Gasteiger partial charge in [0.2, 0.25) is 15.9 Å². The average Bonchev–Trinajstić information content (AvgIpc) is 2.72. The number of rotatable bonds is 8. The van der Waals surface area contributed by atoms with E-state index in [1.807, 2.05) is 30.3 Å². The van der Waals surface area contributed by atoms with Gasteiger partial charge in [0, 0.05) is 37.7 Å². The molecule has 0 bridgehead atoms. The van der Waals surface area contributed by atoms with E-state index in [1.54, 1.807) is 29.2 Å². The number of benzene rings is 2. The zero-order valence-corrected chi connectivity index (χ0v) is 18.5. The smallest absolute Gasteiger partial charge is 0.243 e. The van der Waals surface area contributed by atoms with E-state index < -0.39 is 10.0 Å². The molecule has 2 aromatic carbocycles. The van der Waals surface area contributed by atoms with Crippen molar-refractivity contribution in [2.75, 3.05) is 56.4 Å². The van der Waals surface area contributed by atoms with Crippen LogP contribution in [-0.2, 0) is 14.8 Å². The Kier molecular flexibility index (Phi) is 7.58. The molecule has 1 aliphatic rings. The highest BCUT2D eigenvalue weighted by Crippen LogP contribution is 2.22. The van der Waals surface area contributed by atoms with E-state index in [0.29, 0.717) is 30.4 Å². The fourth-order valence-corrected chi connectivity index (χ4v) is 4.31. The van der Waals surface area contributed by atoms with Crippen LogP contribution >= 0.6 is 11.6 Å². The summed E-state index contributed by atoms with van der Waals surface area (Å²) in [5, 5.41) is 0.417. The van der Waals surface area contributed by atoms with Crippen molar-refractivity contribution in [1.29, 1.82) is 0 Å². The normalized spacial score (nSPS) is 15.1. The van der Waals surface area contributed by atoms with Crippen LogP contribution in [-0.4, -0.2) is 76.3 Å². The van der Waals surface area contributed by atoms with Gasteiger partial charge in [-0.1, -0.05) is 35.9 Å². The number of carbonyl (C=O) groups is 1. The number of piperazine rings is 1. The maximum Gasteiger partial charge on any atom is 0.243 e. The number of halogens is 1. The van der Waals surface area contributed by atoms with Gasteiger partial charge in [-0.3, -0.25) is 14.0 Å². The molecule has 0 unspecified atom stereocenters. The number of carbonyl (C=O) groups excluding carboxylic acids is 1. The van der Waals surface area contributed by atoms with Gasteiger partial charge in [0.1, 0.15) is 18.9 Å². The van der Waals surface area contributed by atoms with E-state index in [1.165, 1.54) is 0 Å². The molecule has 1 fully saturated rings. The molecule has 0 N–H and O–H groups in total. The molecule has 162 valence electrons. The first-order chi connectivity index (χ1) is 14.3. The first kappa shape index (κ1) is 22.4. The van der Waals surface area contributed by atoms with Crippen LogP contribution in [0.5, 0.6) is 5.75 Å². The van der Waals surface area contributed by atoms with E-state index in [9.17, 15) is 13.2 Å². The van der Waals surface area contributed by atoms with Crippen LogP contribution in [0.25, 0.3) is 0 Å². The molecule has 0 aliphatic carbocycles. The Balaban J connectivity index is 1.50. The molecule has 3 rings (SSSR count). The molecule has 0 saturated carbocycles. The van der Waals surface area contributed by atoms with Crippen LogP contribution in [0.2, 0.25) is 5.02 Å². The second kappa shape index (κ2) is 10.1. The number of amides is 1. The summed E-state index contributed by atoms with van der Waals surface area (Å²) in [6.07, 6.45) is 1.09. The van der Waals surface area contributed by atoms with Crippen LogP contribution in [0.1, 0.15) is 0 Å². The van der Waals surface area contributed by atoms with Gasteiger partial charge < -0.3 is 9.64 Å². The monoisotopic (exact) mass is 451 g/mol. The van der Waals surface area contributed by atoms with Crippen LogP contribution in [0.4, 0.5) is 5.69 Å². The van der Waals surface area contributed by atoms with E-state index in [2.05, 4.69) is 4.90 Å². The van der Waals surface area contributed by atoms with Crippen molar-refractivity contribution in [3.05, 3.63) is 59.6 Å². The molecule has 0 aromatic heterocycles. The minimum Gasteiger partial charge on any atom is -0.492 e. The van der Waals surface area contributed by atoms with Crippen LogP contribution in [0.3, 0.4) is 0 Å². The lowest BCUT2D eigenvalue weighted by Crippen LogP contribution is -2.52. The topological polar surface area (TPSA) is 70.2 Å². The van der Waals surface area contributed by atoms with Crippen molar-refractivity contribution in [1.82, 2.24) is 9.80 Å². The molecule has 1 aliphatic heterocycles. The Bertz CT molecular complexity index is 948. The summed E-state index contributed by atoms with van der Waals surface area (Å²) in [5.41, 5.74) is 0.384. The SMILES string of the molecule is CS(=O)(=O)N(CC(=O)N1CCN(CCOc2ccccc2)CC1)c1cccc(Cl)c1. The molecule has 30 heavy (non-hydrogen) atoms. The van der Waals surface area contributed by atoms with Crippen LogP contribution < -0.4 is 9.04 Å². The van der Waals surface area contributed by atoms with Crippen molar-refractivity contribution in [2.24, 2.45) is 0 Å². The summed E-state index contributed by atoms with van der Waals surface area (Å²) in [5.74, 6) is 0.619. The van der Waals surface area contributed by atoms with Gasteiger partial charge in [0.05, 0.1) is 11.9 Å². The fourth-order valence-electron chi connectivity index (χ4n) is 3.28. The summed E-state index contributed by atoms with van der Waals surface area (Å²) >= 11 is 5.99. The molecule has 0 atom stereocenters. The Morgan fingerprint density at radius 1 is 1.07 bits per heavy atom. The maximum atomic E-state index is 12.8. The quantitative estimate of drug-likeness (QED) is 0.616. The van der Waals surface area contributed by atoms with Gasteiger partial charge in [-0.25, -0.2) is 8.42 Å². The van der Waals surface area contributed by atoms with Gasteiger partial charge in [-0.15, -0.1) is 0 Å². The third-order valence-electron chi connectivity index (χ3n) is 4.92. The second-order valence-corrected chi connectivity index (χ2v) is 9.48. The minimum atomic E-state index is -3.62. The van der Waals surface area contributed by atoms with Crippen molar-refractivity contribution in [3.63, 3.8) is 0 Å². The van der Waals surface area contributed by atoms with Crippen LogP contribution in [0.15, 0.2) is 54.6 Å². The lowest BCUT2D eigenvalue weighted by atomic mass is 10.3. The van der Waals surface area contributed by atoms with E-state index in [-0.39, 0.29) is 12.5 Å². The minimum absolute atomic E-state index is 0.222. The molecule has 1 saturated heterocycles. The lowest BCUT2D eigenvalue weighted by Gasteiger charge is -2.35. The average molecular weight is 452 g/mol. The molecule has 7 nitrogen and oxygen atoms in total. The molecule has 9 heteroatoms. The number of hydrogen-bond acceptors (Lipinski definition) is 5. The highest BCUT2D eigenvalue weighted by Gasteiger charge is 2.26. The predicted molar refractivity (Wildman–Crippen MR) is 119 cm³/mol. The van der Waals surface area contributed by atoms with E-state index in [0.717, 1.165) is 35.9 Å². The molecule has 1 heterocycles. The van der Waals surface area contributed by atoms with Gasteiger partial charge in [0.25, 0.3) is 0 Å². The molecule has 1 amide bonds. The summed E-state index contributed by atoms with van der Waals surface area (Å²) < 4.78 is 31.3. The highest BCUT2D eigenvalue weighted by atomic mass is 35.5. The number of ether oxygens (including phenoxy) is 1. The first-order valence-corrected chi connectivity index (χ1v) is 12.0. The van der Waals surface area contributed by atoms with Gasteiger partial charge in [-0.2, -0.15) is 0 Å². The number of para-hydroxylation sites is 1. The molecule has 0 radical (unpaired) electrons. The Hall–Kier alpha value is -2.29. The third kappa shape index (κ3) is 6.35. The lowest BCUT2D eigenvalue weighted by molar-refractivity contribution is -0.131. The van der Waals surface area contributed by atoms with Crippen molar-refractivity contribution < 1.29 is 17.9 Å². The van der Waals surface area contributed by atoms with Crippen molar-refractivity contribution in [3.8, 4) is 5.75 Å². The summed E-state index contributed by atoms with van der Waals surface area (Å²) in [6.45, 7) is 3.66. The first-order valence-electron chi connectivity index (χ1n) is 9.74. The standard InChI is InChI=1S/C21H26ClN3O4S/c1-30(27,28)25(19-7-5-6-18(22)16-19)17-21(26)24-12-10-23(11-13-24)14-15-29-20-8-3-2-4-9-20/h2-9,16H,10-15,17H2,1H3. The van der Waals surface area contributed by atoms with Gasteiger partial charge in [-0.05, 0) is 30.3 Å². The van der Waals surface area contributed by atoms with Gasteiger partial charge in [0.15, 0.2) is 0 Å². The third-order valence-corrected chi connectivity index (χ3v) is 6.30. The summed E-state index contributed by atoms with van der Waals surface area (Å²) in [6, 6.07) is 16.1. The molecule has 0 spiro atoms. The Morgan fingerprint density at radius 3 is 2.40 bits per heavy atom. The number of nitrogens with zero attached hydrogens (tertiary/aromatic N) is 3. The number of anilines is 1. The van der Waals surface area contributed by atoms with E-state index in [4.69, 9.17) is 16.3 Å². The Morgan fingerprint density at radius 2 is 1.77 bits per heavy atom.